The van der Waals surface area contributed by atoms with Gasteiger partial charge in [-0.2, -0.15) is 5.10 Å². The number of nitrogens with one attached hydrogen (secondary N) is 1. The van der Waals surface area contributed by atoms with Crippen molar-refractivity contribution < 1.29 is 0 Å². The summed E-state index contributed by atoms with van der Waals surface area (Å²) in [6, 6.07) is 9.57. The van der Waals surface area contributed by atoms with E-state index in [9.17, 15) is 0 Å². The molecule has 2 aromatic rings. The number of nitrogens with two attached hydrogens (primary N) is 1. The maximum Gasteiger partial charge on any atom is 0.145 e. The Bertz CT molecular complexity index is 354. The van der Waals surface area contributed by atoms with E-state index >= 15 is 0 Å². The Morgan fingerprint density at radius 2 is 2.00 bits per heavy atom. The summed E-state index contributed by atoms with van der Waals surface area (Å²) in [5.74, 6) is 0.686. The zero-order valence-corrected chi connectivity index (χ0v) is 7.01. The average molecular weight is 174 g/mol. The lowest BCUT2D eigenvalue weighted by molar-refractivity contribution is 0.787. The number of aromatic nitrogens is 3. The molecule has 0 aliphatic carbocycles. The Hall–Kier alpha value is -1.68. The van der Waals surface area contributed by atoms with Crippen molar-refractivity contribution in [2.45, 2.75) is 6.04 Å². The molecule has 3 N–H and O–H groups in total. The molecule has 0 unspecified atom stereocenters. The van der Waals surface area contributed by atoms with Gasteiger partial charge in [-0.25, -0.2) is 4.98 Å². The lowest BCUT2D eigenvalue weighted by atomic mass is 10.1. The number of H-pyrrole nitrogens is 1. The van der Waals surface area contributed by atoms with Gasteiger partial charge in [0.05, 0.1) is 6.04 Å². The Labute approximate surface area is 75.8 Å². The second kappa shape index (κ2) is 3.37. The molecule has 0 saturated carbocycles. The third-order valence-electron chi connectivity index (χ3n) is 1.89. The molecule has 4 nitrogen and oxygen atoms in total. The number of aromatic amines is 1. The number of hydrogen-bond acceptors (Lipinski definition) is 3. The molecule has 13 heavy (non-hydrogen) atoms. The molecule has 0 fully saturated rings. The first-order valence-corrected chi connectivity index (χ1v) is 4.03. The van der Waals surface area contributed by atoms with Crippen LogP contribution in [0.25, 0.3) is 0 Å². The number of rotatable bonds is 2. The fraction of sp³-hybridized carbons (Fsp3) is 0.111. The van der Waals surface area contributed by atoms with Crippen LogP contribution in [-0.2, 0) is 0 Å². The first-order valence-electron chi connectivity index (χ1n) is 4.03. The van der Waals surface area contributed by atoms with E-state index in [-0.39, 0.29) is 6.04 Å². The third kappa shape index (κ3) is 1.57. The summed E-state index contributed by atoms with van der Waals surface area (Å²) in [7, 11) is 0. The molecular formula is C9H10N4. The Balaban J connectivity index is 2.29. The maximum atomic E-state index is 5.93. The van der Waals surface area contributed by atoms with Gasteiger partial charge in [-0.3, -0.25) is 5.10 Å². The van der Waals surface area contributed by atoms with E-state index in [1.807, 2.05) is 30.3 Å². The van der Waals surface area contributed by atoms with Crippen LogP contribution in [0, 0.1) is 0 Å². The molecule has 4 heteroatoms. The van der Waals surface area contributed by atoms with E-state index in [0.29, 0.717) is 5.82 Å². The first-order chi connectivity index (χ1) is 6.38. The molecule has 0 saturated heterocycles. The zero-order valence-electron chi connectivity index (χ0n) is 7.01. The Morgan fingerprint density at radius 1 is 1.23 bits per heavy atom. The highest BCUT2D eigenvalue weighted by molar-refractivity contribution is 5.23. The lowest BCUT2D eigenvalue weighted by Crippen LogP contribution is -2.13. The fourth-order valence-corrected chi connectivity index (χ4v) is 1.18. The monoisotopic (exact) mass is 174 g/mol. The molecule has 0 spiro atoms. The molecule has 66 valence electrons. The molecule has 1 aromatic carbocycles. The van der Waals surface area contributed by atoms with Crippen LogP contribution in [0.3, 0.4) is 0 Å². The summed E-state index contributed by atoms with van der Waals surface area (Å²) in [4.78, 5) is 4.00. The van der Waals surface area contributed by atoms with Crippen LogP contribution in [0.1, 0.15) is 17.4 Å². The highest BCUT2D eigenvalue weighted by atomic mass is 15.2. The molecule has 1 aromatic heterocycles. The summed E-state index contributed by atoms with van der Waals surface area (Å²) in [6.45, 7) is 0. The molecule has 2 rings (SSSR count). The van der Waals surface area contributed by atoms with Crippen LogP contribution in [0.4, 0.5) is 0 Å². The SMILES string of the molecule is N[C@@H](c1ccccc1)c1ncn[nH]1. The molecular weight excluding hydrogens is 164 g/mol. The van der Waals surface area contributed by atoms with Gasteiger partial charge in [0.15, 0.2) is 0 Å². The molecule has 0 aliphatic rings. The van der Waals surface area contributed by atoms with Crippen LogP contribution in [-0.4, -0.2) is 15.2 Å². The second-order valence-electron chi connectivity index (χ2n) is 2.76. The van der Waals surface area contributed by atoms with Gasteiger partial charge in [0, 0.05) is 0 Å². The molecule has 0 aliphatic heterocycles. The van der Waals surface area contributed by atoms with E-state index in [1.54, 1.807) is 0 Å². The van der Waals surface area contributed by atoms with Crippen molar-refractivity contribution in [1.82, 2.24) is 15.2 Å². The number of nitrogens with zero attached hydrogens (tertiary/aromatic N) is 2. The molecule has 1 heterocycles. The first kappa shape index (κ1) is 7.94. The Morgan fingerprint density at radius 3 is 2.62 bits per heavy atom. The van der Waals surface area contributed by atoms with Crippen LogP contribution < -0.4 is 5.73 Å². The van der Waals surface area contributed by atoms with E-state index in [2.05, 4.69) is 15.2 Å². The quantitative estimate of drug-likeness (QED) is 0.709. The van der Waals surface area contributed by atoms with Crippen molar-refractivity contribution in [3.63, 3.8) is 0 Å². The maximum absolute atomic E-state index is 5.93. The molecule has 0 amide bonds. The summed E-state index contributed by atoms with van der Waals surface area (Å²) in [5.41, 5.74) is 6.95. The van der Waals surface area contributed by atoms with Gasteiger partial charge in [0.25, 0.3) is 0 Å². The fourth-order valence-electron chi connectivity index (χ4n) is 1.18. The van der Waals surface area contributed by atoms with Crippen molar-refractivity contribution >= 4 is 0 Å². The predicted molar refractivity (Wildman–Crippen MR) is 48.9 cm³/mol. The standard InChI is InChI=1S/C9H10N4/c10-8(9-11-6-12-13-9)7-4-2-1-3-5-7/h1-6,8H,10H2,(H,11,12,13)/t8-/m0/s1. The van der Waals surface area contributed by atoms with Crippen molar-refractivity contribution in [3.05, 3.63) is 48.0 Å². The minimum atomic E-state index is -0.219. The van der Waals surface area contributed by atoms with Gasteiger partial charge < -0.3 is 5.73 Å². The van der Waals surface area contributed by atoms with E-state index < -0.39 is 0 Å². The average Bonchev–Trinajstić information content (AvgIpc) is 2.71. The number of hydrogen-bond donors (Lipinski definition) is 2. The molecule has 0 bridgehead atoms. The highest BCUT2D eigenvalue weighted by Crippen LogP contribution is 2.13. The normalized spacial score (nSPS) is 12.7. The van der Waals surface area contributed by atoms with Gasteiger partial charge >= 0.3 is 0 Å². The van der Waals surface area contributed by atoms with E-state index in [4.69, 9.17) is 5.73 Å². The van der Waals surface area contributed by atoms with Crippen molar-refractivity contribution in [2.24, 2.45) is 5.73 Å². The van der Waals surface area contributed by atoms with Gasteiger partial charge in [-0.05, 0) is 5.56 Å². The third-order valence-corrected chi connectivity index (χ3v) is 1.89. The van der Waals surface area contributed by atoms with E-state index in [1.165, 1.54) is 6.33 Å². The topological polar surface area (TPSA) is 67.6 Å². The van der Waals surface area contributed by atoms with Crippen LogP contribution in [0.15, 0.2) is 36.7 Å². The minimum absolute atomic E-state index is 0.219. The summed E-state index contributed by atoms with van der Waals surface area (Å²) < 4.78 is 0. The smallest absolute Gasteiger partial charge is 0.145 e. The summed E-state index contributed by atoms with van der Waals surface area (Å²) in [6.07, 6.45) is 1.46. The summed E-state index contributed by atoms with van der Waals surface area (Å²) >= 11 is 0. The predicted octanol–water partition coefficient (Wildman–Crippen LogP) is 0.853. The largest absolute Gasteiger partial charge is 0.318 e. The van der Waals surface area contributed by atoms with E-state index in [0.717, 1.165) is 5.56 Å². The molecule has 0 radical (unpaired) electrons. The van der Waals surface area contributed by atoms with Crippen LogP contribution in [0.5, 0.6) is 0 Å². The van der Waals surface area contributed by atoms with Gasteiger partial charge in [-0.15, -0.1) is 0 Å². The zero-order chi connectivity index (χ0) is 9.10. The minimum Gasteiger partial charge on any atom is -0.318 e. The van der Waals surface area contributed by atoms with Crippen LogP contribution in [0.2, 0.25) is 0 Å². The Kier molecular flexibility index (Phi) is 2.06. The second-order valence-corrected chi connectivity index (χ2v) is 2.76. The lowest BCUT2D eigenvalue weighted by Gasteiger charge is -2.07. The summed E-state index contributed by atoms with van der Waals surface area (Å²) in [5, 5.41) is 6.50. The molecule has 1 atom stereocenters. The van der Waals surface area contributed by atoms with Gasteiger partial charge in [0.2, 0.25) is 0 Å². The van der Waals surface area contributed by atoms with Gasteiger partial charge in [0.1, 0.15) is 12.2 Å². The number of benzene rings is 1. The van der Waals surface area contributed by atoms with Gasteiger partial charge in [-0.1, -0.05) is 30.3 Å². The van der Waals surface area contributed by atoms with Crippen molar-refractivity contribution in [2.75, 3.05) is 0 Å². The van der Waals surface area contributed by atoms with Crippen molar-refractivity contribution in [3.8, 4) is 0 Å². The van der Waals surface area contributed by atoms with Crippen LogP contribution >= 0.6 is 0 Å². The highest BCUT2D eigenvalue weighted by Gasteiger charge is 2.09. The van der Waals surface area contributed by atoms with Crippen molar-refractivity contribution in [1.29, 1.82) is 0 Å².